The van der Waals surface area contributed by atoms with Gasteiger partial charge in [0, 0.05) is 32.2 Å². The largest absolute Gasteiger partial charge is 0.341 e. The third-order valence-corrected chi connectivity index (χ3v) is 4.20. The maximum atomic E-state index is 4.69. The van der Waals surface area contributed by atoms with Crippen LogP contribution in [-0.2, 0) is 0 Å². The van der Waals surface area contributed by atoms with Crippen molar-refractivity contribution >= 4 is 17.0 Å². The first-order valence-corrected chi connectivity index (χ1v) is 6.99. The van der Waals surface area contributed by atoms with Crippen LogP contribution in [-0.4, -0.2) is 47.1 Å². The molecule has 2 aliphatic heterocycles. The zero-order valence-electron chi connectivity index (χ0n) is 10.9. The Morgan fingerprint density at radius 2 is 2.00 bits per heavy atom. The molecule has 0 bridgehead atoms. The molecule has 2 aliphatic rings. The van der Waals surface area contributed by atoms with E-state index >= 15 is 0 Å². The second-order valence-corrected chi connectivity index (χ2v) is 5.39. The van der Waals surface area contributed by atoms with Gasteiger partial charge in [-0.2, -0.15) is 0 Å². The number of hydrogen-bond donors (Lipinski definition) is 1. The monoisotopic (exact) mass is 254 g/mol. The van der Waals surface area contributed by atoms with Crippen molar-refractivity contribution in [1.82, 2.24) is 14.9 Å². The molecular weight excluding hydrogens is 236 g/mol. The molecule has 0 spiro atoms. The fourth-order valence-electron chi connectivity index (χ4n) is 3.11. The number of fused-ring (bicyclic) bond motifs is 1. The number of hydrogen-bond acceptors (Lipinski definition) is 3. The van der Waals surface area contributed by atoms with Gasteiger partial charge in [0.05, 0.1) is 11.0 Å². The molecule has 1 saturated heterocycles. The number of para-hydroxylation sites is 2. The average molecular weight is 254 g/mol. The van der Waals surface area contributed by atoms with Crippen LogP contribution in [0.2, 0.25) is 0 Å². The Kier molecular flexibility index (Phi) is 2.55. The summed E-state index contributed by atoms with van der Waals surface area (Å²) in [5.41, 5.74) is 2.19. The second-order valence-electron chi connectivity index (χ2n) is 5.39. The number of anilines is 1. The molecule has 1 aromatic carbocycles. The number of nitrogens with zero attached hydrogens (tertiary/aromatic N) is 3. The van der Waals surface area contributed by atoms with Crippen molar-refractivity contribution < 1.29 is 0 Å². The number of imidazole rings is 1. The summed E-state index contributed by atoms with van der Waals surface area (Å²) in [6.07, 6.45) is 5.77. The zero-order chi connectivity index (χ0) is 12.7. The van der Waals surface area contributed by atoms with Crippen molar-refractivity contribution in [1.29, 1.82) is 0 Å². The van der Waals surface area contributed by atoms with Crippen molar-refractivity contribution in [2.24, 2.45) is 0 Å². The zero-order valence-corrected chi connectivity index (χ0v) is 10.9. The quantitative estimate of drug-likeness (QED) is 0.833. The van der Waals surface area contributed by atoms with Gasteiger partial charge in [-0.05, 0) is 18.6 Å². The maximum absolute atomic E-state index is 4.69. The first kappa shape index (κ1) is 11.1. The molecule has 4 nitrogen and oxygen atoms in total. The van der Waals surface area contributed by atoms with Gasteiger partial charge in [-0.15, -0.1) is 0 Å². The molecular formula is C15H18N4. The fraction of sp³-hybridized carbons (Fsp3) is 0.400. The van der Waals surface area contributed by atoms with Crippen LogP contribution in [0, 0.1) is 0 Å². The predicted octanol–water partition coefficient (Wildman–Crippen LogP) is 2.01. The Morgan fingerprint density at radius 3 is 2.84 bits per heavy atom. The van der Waals surface area contributed by atoms with E-state index in [-0.39, 0.29) is 0 Å². The van der Waals surface area contributed by atoms with E-state index in [1.807, 2.05) is 12.1 Å². The van der Waals surface area contributed by atoms with E-state index in [1.165, 1.54) is 6.42 Å². The van der Waals surface area contributed by atoms with Gasteiger partial charge >= 0.3 is 0 Å². The summed E-state index contributed by atoms with van der Waals surface area (Å²) < 4.78 is 0. The minimum Gasteiger partial charge on any atom is -0.341 e. The van der Waals surface area contributed by atoms with Crippen LogP contribution in [0.4, 0.5) is 5.95 Å². The number of rotatable bonds is 2. The molecule has 0 amide bonds. The van der Waals surface area contributed by atoms with Gasteiger partial charge in [-0.25, -0.2) is 4.98 Å². The third kappa shape index (κ3) is 1.92. The average Bonchev–Trinajstić information content (AvgIpc) is 3.17. The number of H-pyrrole nitrogens is 1. The van der Waals surface area contributed by atoms with Crippen LogP contribution in [0.15, 0.2) is 36.4 Å². The van der Waals surface area contributed by atoms with E-state index in [9.17, 15) is 0 Å². The Balaban J connectivity index is 1.53. The van der Waals surface area contributed by atoms with E-state index < -0.39 is 0 Å². The van der Waals surface area contributed by atoms with Gasteiger partial charge in [0.25, 0.3) is 0 Å². The number of benzene rings is 1. The maximum Gasteiger partial charge on any atom is 0.203 e. The van der Waals surface area contributed by atoms with E-state index in [2.05, 4.69) is 39.1 Å². The molecule has 1 atom stereocenters. The molecule has 98 valence electrons. The van der Waals surface area contributed by atoms with Gasteiger partial charge in [0.2, 0.25) is 5.95 Å². The van der Waals surface area contributed by atoms with Crippen LogP contribution < -0.4 is 4.90 Å². The van der Waals surface area contributed by atoms with Crippen molar-refractivity contribution in [3.63, 3.8) is 0 Å². The molecule has 19 heavy (non-hydrogen) atoms. The molecule has 0 aliphatic carbocycles. The molecule has 2 aromatic rings. The van der Waals surface area contributed by atoms with Gasteiger partial charge in [-0.3, -0.25) is 4.90 Å². The summed E-state index contributed by atoms with van der Waals surface area (Å²) in [4.78, 5) is 13.0. The molecule has 1 unspecified atom stereocenters. The van der Waals surface area contributed by atoms with E-state index in [0.29, 0.717) is 6.04 Å². The van der Waals surface area contributed by atoms with Crippen LogP contribution >= 0.6 is 0 Å². The highest BCUT2D eigenvalue weighted by molar-refractivity contribution is 5.77. The normalized spacial score (nSPS) is 23.8. The molecule has 0 saturated carbocycles. The van der Waals surface area contributed by atoms with E-state index in [4.69, 9.17) is 4.98 Å². The smallest absolute Gasteiger partial charge is 0.203 e. The van der Waals surface area contributed by atoms with Crippen LogP contribution in [0.1, 0.15) is 6.42 Å². The summed E-state index contributed by atoms with van der Waals surface area (Å²) in [6, 6.07) is 8.91. The minimum absolute atomic E-state index is 0.670. The Labute approximate surface area is 112 Å². The second kappa shape index (κ2) is 4.38. The van der Waals surface area contributed by atoms with Gasteiger partial charge in [0.1, 0.15) is 0 Å². The Hall–Kier alpha value is -1.81. The highest BCUT2D eigenvalue weighted by Crippen LogP contribution is 2.24. The predicted molar refractivity (Wildman–Crippen MR) is 77.4 cm³/mol. The topological polar surface area (TPSA) is 35.2 Å². The van der Waals surface area contributed by atoms with Crippen molar-refractivity contribution in [2.45, 2.75) is 12.5 Å². The fourth-order valence-corrected chi connectivity index (χ4v) is 3.11. The molecule has 1 fully saturated rings. The highest BCUT2D eigenvalue weighted by Gasteiger charge is 2.29. The summed E-state index contributed by atoms with van der Waals surface area (Å²) >= 11 is 0. The van der Waals surface area contributed by atoms with E-state index in [1.54, 1.807) is 0 Å². The Morgan fingerprint density at radius 1 is 1.16 bits per heavy atom. The lowest BCUT2D eigenvalue weighted by Gasteiger charge is -2.23. The third-order valence-electron chi connectivity index (χ3n) is 4.20. The molecule has 1 aromatic heterocycles. The van der Waals surface area contributed by atoms with Crippen LogP contribution in [0.5, 0.6) is 0 Å². The van der Waals surface area contributed by atoms with Crippen LogP contribution in [0.25, 0.3) is 11.0 Å². The molecule has 1 N–H and O–H groups in total. The highest BCUT2D eigenvalue weighted by atomic mass is 15.3. The lowest BCUT2D eigenvalue weighted by atomic mass is 10.2. The number of aromatic nitrogens is 2. The molecule has 4 heteroatoms. The van der Waals surface area contributed by atoms with Gasteiger partial charge in [-0.1, -0.05) is 24.3 Å². The lowest BCUT2D eigenvalue weighted by Crippen LogP contribution is -2.35. The first-order valence-electron chi connectivity index (χ1n) is 6.99. The number of aromatic amines is 1. The summed E-state index contributed by atoms with van der Waals surface area (Å²) in [6.45, 7) is 4.40. The summed E-state index contributed by atoms with van der Waals surface area (Å²) in [5, 5.41) is 0. The van der Waals surface area contributed by atoms with Crippen LogP contribution in [0.3, 0.4) is 0 Å². The van der Waals surface area contributed by atoms with Crippen molar-refractivity contribution in [3.8, 4) is 0 Å². The van der Waals surface area contributed by atoms with Gasteiger partial charge in [0.15, 0.2) is 0 Å². The number of nitrogens with one attached hydrogen (secondary N) is 1. The van der Waals surface area contributed by atoms with Crippen molar-refractivity contribution in [3.05, 3.63) is 36.4 Å². The minimum atomic E-state index is 0.670. The summed E-state index contributed by atoms with van der Waals surface area (Å²) in [5.74, 6) is 1.02. The lowest BCUT2D eigenvalue weighted by molar-refractivity contribution is 0.271. The molecule has 0 radical (unpaired) electrons. The standard InChI is InChI=1S/C15H18N4/c1-2-6-14-13(5-1)16-15(17-14)19-10-7-12(11-19)18-8-3-4-9-18/h1-6,12H,7-11H2,(H,16,17). The molecule has 4 rings (SSSR count). The Bertz CT molecular complexity index is 574. The van der Waals surface area contributed by atoms with Gasteiger partial charge < -0.3 is 9.88 Å². The summed E-state index contributed by atoms with van der Waals surface area (Å²) in [7, 11) is 0. The van der Waals surface area contributed by atoms with E-state index in [0.717, 1.165) is 43.2 Å². The SMILES string of the molecule is C1=CCN(C2CCN(c3nc4ccccc4[nH]3)C2)C1. The molecule has 3 heterocycles. The van der Waals surface area contributed by atoms with Crippen molar-refractivity contribution in [2.75, 3.05) is 31.1 Å². The first-order chi connectivity index (χ1) is 9.40.